The molecule has 1 unspecified atom stereocenters. The molecule has 0 aliphatic rings. The Hall–Kier alpha value is -1.32. The summed E-state index contributed by atoms with van der Waals surface area (Å²) in [4.78, 5) is 22.5. The second kappa shape index (κ2) is 5.53. The van der Waals surface area contributed by atoms with E-state index < -0.39 is 12.1 Å². The Morgan fingerprint density at radius 1 is 1.47 bits per heavy atom. The summed E-state index contributed by atoms with van der Waals surface area (Å²) in [7, 11) is 0. The number of Topliss-reactive ketones (excluding diaryl/α,β-unsaturated/α-hetero) is 1. The molecule has 1 atom stereocenters. The lowest BCUT2D eigenvalue weighted by Crippen LogP contribution is -2.48. The molecule has 0 saturated heterocycles. The molecule has 1 amide bonds. The largest absolute Gasteiger partial charge is 0.445 e. The van der Waals surface area contributed by atoms with Crippen LogP contribution in [0, 0.1) is 5.41 Å². The molecular formula is C11H19NO3. The van der Waals surface area contributed by atoms with Crippen molar-refractivity contribution in [3.05, 3.63) is 12.7 Å². The zero-order chi connectivity index (χ0) is 12.1. The van der Waals surface area contributed by atoms with E-state index in [4.69, 9.17) is 4.74 Å². The zero-order valence-electron chi connectivity index (χ0n) is 9.79. The molecule has 0 aliphatic heterocycles. The van der Waals surface area contributed by atoms with Crippen LogP contribution in [0.15, 0.2) is 12.7 Å². The Labute approximate surface area is 90.7 Å². The van der Waals surface area contributed by atoms with Crippen molar-refractivity contribution in [3.8, 4) is 0 Å². The molecule has 0 fully saturated rings. The first kappa shape index (κ1) is 13.7. The van der Waals surface area contributed by atoms with Crippen molar-refractivity contribution < 1.29 is 14.3 Å². The first-order valence-corrected chi connectivity index (χ1v) is 4.83. The molecule has 0 radical (unpaired) electrons. The normalized spacial score (nSPS) is 12.8. The molecular weight excluding hydrogens is 194 g/mol. The SMILES string of the molecule is C=CCOC(=O)NC(C(C)=O)C(C)(C)C. The highest BCUT2D eigenvalue weighted by Crippen LogP contribution is 2.19. The first-order chi connectivity index (χ1) is 6.79. The van der Waals surface area contributed by atoms with Gasteiger partial charge in [-0.2, -0.15) is 0 Å². The Bertz CT molecular complexity index is 253. The van der Waals surface area contributed by atoms with E-state index in [0.29, 0.717) is 0 Å². The van der Waals surface area contributed by atoms with Crippen LogP contribution < -0.4 is 5.32 Å². The zero-order valence-corrected chi connectivity index (χ0v) is 9.79. The maximum absolute atomic E-state index is 11.3. The number of rotatable bonds is 4. The number of carbonyl (C=O) groups is 2. The third-order valence-electron chi connectivity index (χ3n) is 1.87. The number of ketones is 1. The fourth-order valence-electron chi connectivity index (χ4n) is 1.22. The van der Waals surface area contributed by atoms with Crippen molar-refractivity contribution in [3.63, 3.8) is 0 Å². The molecule has 0 saturated carbocycles. The van der Waals surface area contributed by atoms with Crippen LogP contribution in [0.2, 0.25) is 0 Å². The third kappa shape index (κ3) is 5.20. The van der Waals surface area contributed by atoms with Gasteiger partial charge in [0.25, 0.3) is 0 Å². The third-order valence-corrected chi connectivity index (χ3v) is 1.87. The van der Waals surface area contributed by atoms with Gasteiger partial charge < -0.3 is 10.1 Å². The van der Waals surface area contributed by atoms with Crippen LogP contribution in [0.3, 0.4) is 0 Å². The number of hydrogen-bond donors (Lipinski definition) is 1. The van der Waals surface area contributed by atoms with Gasteiger partial charge in [0, 0.05) is 0 Å². The Balaban J connectivity index is 4.37. The minimum atomic E-state index is -0.593. The first-order valence-electron chi connectivity index (χ1n) is 4.83. The van der Waals surface area contributed by atoms with Gasteiger partial charge in [-0.3, -0.25) is 4.79 Å². The van der Waals surface area contributed by atoms with E-state index in [1.54, 1.807) is 0 Å². The summed E-state index contributed by atoms with van der Waals surface area (Å²) in [6, 6.07) is -0.533. The van der Waals surface area contributed by atoms with Gasteiger partial charge in [-0.25, -0.2) is 4.79 Å². The topological polar surface area (TPSA) is 55.4 Å². The van der Waals surface area contributed by atoms with Gasteiger partial charge in [-0.05, 0) is 12.3 Å². The average Bonchev–Trinajstić information content (AvgIpc) is 2.08. The highest BCUT2D eigenvalue weighted by atomic mass is 16.5. The minimum Gasteiger partial charge on any atom is -0.445 e. The highest BCUT2D eigenvalue weighted by molar-refractivity contribution is 5.86. The number of alkyl carbamates (subject to hydrolysis) is 1. The van der Waals surface area contributed by atoms with Gasteiger partial charge in [0.2, 0.25) is 0 Å². The van der Waals surface area contributed by atoms with E-state index in [1.165, 1.54) is 13.0 Å². The molecule has 0 aromatic rings. The van der Waals surface area contributed by atoms with Gasteiger partial charge in [-0.1, -0.05) is 33.4 Å². The fourth-order valence-corrected chi connectivity index (χ4v) is 1.22. The summed E-state index contributed by atoms with van der Waals surface area (Å²) < 4.78 is 4.75. The van der Waals surface area contributed by atoms with Gasteiger partial charge in [-0.15, -0.1) is 0 Å². The molecule has 0 spiro atoms. The standard InChI is InChI=1S/C11H19NO3/c1-6-7-15-10(14)12-9(8(2)13)11(3,4)5/h6,9H,1,7H2,2-5H3,(H,12,14). The average molecular weight is 213 g/mol. The van der Waals surface area contributed by atoms with Crippen molar-refractivity contribution in [2.24, 2.45) is 5.41 Å². The van der Waals surface area contributed by atoms with Crippen molar-refractivity contribution in [2.75, 3.05) is 6.61 Å². The van der Waals surface area contributed by atoms with E-state index in [2.05, 4.69) is 11.9 Å². The molecule has 0 aromatic carbocycles. The predicted octanol–water partition coefficient (Wildman–Crippen LogP) is 1.90. The number of nitrogens with one attached hydrogen (secondary N) is 1. The molecule has 0 rings (SSSR count). The van der Waals surface area contributed by atoms with Crippen LogP contribution in [0.5, 0.6) is 0 Å². The molecule has 86 valence electrons. The Morgan fingerprint density at radius 2 is 2.00 bits per heavy atom. The Kier molecular flexibility index (Phi) is 5.05. The lowest BCUT2D eigenvalue weighted by Gasteiger charge is -2.28. The van der Waals surface area contributed by atoms with Gasteiger partial charge in [0.05, 0.1) is 6.04 Å². The van der Waals surface area contributed by atoms with E-state index in [-0.39, 0.29) is 17.8 Å². The fraction of sp³-hybridized carbons (Fsp3) is 0.636. The summed E-state index contributed by atoms with van der Waals surface area (Å²) in [5.74, 6) is -0.0851. The van der Waals surface area contributed by atoms with Crippen molar-refractivity contribution >= 4 is 11.9 Å². The lowest BCUT2D eigenvalue weighted by atomic mass is 9.85. The van der Waals surface area contributed by atoms with E-state index in [1.807, 2.05) is 20.8 Å². The molecule has 0 heterocycles. The quantitative estimate of drug-likeness (QED) is 0.726. The lowest BCUT2D eigenvalue weighted by molar-refractivity contribution is -0.121. The summed E-state index contributed by atoms with van der Waals surface area (Å²) >= 11 is 0. The number of ether oxygens (including phenoxy) is 1. The monoisotopic (exact) mass is 213 g/mol. The molecule has 4 nitrogen and oxygen atoms in total. The second-order valence-electron chi connectivity index (χ2n) is 4.44. The van der Waals surface area contributed by atoms with Crippen molar-refractivity contribution in [2.45, 2.75) is 33.7 Å². The number of amides is 1. The van der Waals surface area contributed by atoms with Gasteiger partial charge in [0.1, 0.15) is 6.61 Å². The maximum Gasteiger partial charge on any atom is 0.408 e. The summed E-state index contributed by atoms with van der Waals surface area (Å²) in [6.45, 7) is 10.7. The van der Waals surface area contributed by atoms with Gasteiger partial charge in [0.15, 0.2) is 5.78 Å². The summed E-state index contributed by atoms with van der Waals surface area (Å²) in [5, 5.41) is 2.53. The van der Waals surface area contributed by atoms with Crippen LogP contribution in [-0.2, 0) is 9.53 Å². The molecule has 15 heavy (non-hydrogen) atoms. The van der Waals surface area contributed by atoms with Crippen molar-refractivity contribution in [1.29, 1.82) is 0 Å². The van der Waals surface area contributed by atoms with Gasteiger partial charge >= 0.3 is 6.09 Å². The molecule has 0 aromatic heterocycles. The van der Waals surface area contributed by atoms with Crippen molar-refractivity contribution in [1.82, 2.24) is 5.32 Å². The van der Waals surface area contributed by atoms with Crippen LogP contribution in [-0.4, -0.2) is 24.5 Å². The predicted molar refractivity (Wildman–Crippen MR) is 58.6 cm³/mol. The minimum absolute atomic E-state index is 0.0851. The van der Waals surface area contributed by atoms with Crippen LogP contribution >= 0.6 is 0 Å². The van der Waals surface area contributed by atoms with E-state index in [0.717, 1.165) is 0 Å². The molecule has 4 heteroatoms. The maximum atomic E-state index is 11.3. The molecule has 0 aliphatic carbocycles. The van der Waals surface area contributed by atoms with Crippen LogP contribution in [0.1, 0.15) is 27.7 Å². The summed E-state index contributed by atoms with van der Waals surface area (Å²) in [6.07, 6.45) is 0.879. The second-order valence-corrected chi connectivity index (χ2v) is 4.44. The van der Waals surface area contributed by atoms with Crippen LogP contribution in [0.4, 0.5) is 4.79 Å². The van der Waals surface area contributed by atoms with E-state index >= 15 is 0 Å². The number of carbonyl (C=O) groups excluding carboxylic acids is 2. The molecule has 1 N–H and O–H groups in total. The smallest absolute Gasteiger partial charge is 0.408 e. The van der Waals surface area contributed by atoms with Crippen LogP contribution in [0.25, 0.3) is 0 Å². The highest BCUT2D eigenvalue weighted by Gasteiger charge is 2.30. The number of hydrogen-bond acceptors (Lipinski definition) is 3. The Morgan fingerprint density at radius 3 is 2.33 bits per heavy atom. The van der Waals surface area contributed by atoms with E-state index in [9.17, 15) is 9.59 Å². The molecule has 0 bridgehead atoms. The summed E-state index contributed by atoms with van der Waals surface area (Å²) in [5.41, 5.74) is -0.320.